The minimum absolute atomic E-state index is 0.0692. The summed E-state index contributed by atoms with van der Waals surface area (Å²) in [6.45, 7) is 2.13. The van der Waals surface area contributed by atoms with E-state index in [1.165, 1.54) is 4.90 Å². The van der Waals surface area contributed by atoms with Crippen LogP contribution in [0.25, 0.3) is 0 Å². The lowest BCUT2D eigenvalue weighted by Gasteiger charge is -2.19. The van der Waals surface area contributed by atoms with Crippen LogP contribution in [0.4, 0.5) is 5.69 Å². The van der Waals surface area contributed by atoms with Crippen LogP contribution in [0, 0.1) is 23.7 Å². The second-order valence-corrected chi connectivity index (χ2v) is 8.18. The summed E-state index contributed by atoms with van der Waals surface area (Å²) in [7, 11) is 0. The van der Waals surface area contributed by atoms with Gasteiger partial charge in [-0.25, -0.2) is 4.90 Å². The Kier molecular flexibility index (Phi) is 5.02. The van der Waals surface area contributed by atoms with E-state index in [0.29, 0.717) is 29.7 Å². The molecule has 1 aromatic rings. The third-order valence-corrected chi connectivity index (χ3v) is 6.47. The van der Waals surface area contributed by atoms with Crippen LogP contribution < -0.4 is 9.64 Å². The maximum absolute atomic E-state index is 12.9. The lowest BCUT2D eigenvalue weighted by molar-refractivity contribution is -0.134. The normalized spacial score (nSPS) is 28.7. The highest BCUT2D eigenvalue weighted by atomic mass is 16.5. The lowest BCUT2D eigenvalue weighted by Crippen LogP contribution is -2.32. The van der Waals surface area contributed by atoms with Crippen LogP contribution in [0.5, 0.6) is 5.75 Å². The minimum Gasteiger partial charge on any atom is -0.426 e. The van der Waals surface area contributed by atoms with Crippen molar-refractivity contribution in [2.75, 3.05) is 4.90 Å². The van der Waals surface area contributed by atoms with Crippen molar-refractivity contribution in [3.8, 4) is 5.75 Å². The van der Waals surface area contributed by atoms with Gasteiger partial charge in [0.05, 0.1) is 17.5 Å². The molecule has 144 valence electrons. The summed E-state index contributed by atoms with van der Waals surface area (Å²) in [4.78, 5) is 39.2. The maximum Gasteiger partial charge on any atom is 0.311 e. The quantitative estimate of drug-likeness (QED) is 0.314. The summed E-state index contributed by atoms with van der Waals surface area (Å²) in [6, 6.07) is 6.82. The van der Waals surface area contributed by atoms with Crippen molar-refractivity contribution >= 4 is 23.5 Å². The van der Waals surface area contributed by atoms with E-state index >= 15 is 0 Å². The predicted molar refractivity (Wildman–Crippen MR) is 101 cm³/mol. The molecule has 4 atom stereocenters. The third kappa shape index (κ3) is 3.28. The van der Waals surface area contributed by atoms with Crippen LogP contribution in [0.15, 0.2) is 24.3 Å². The molecule has 2 bridgehead atoms. The zero-order valence-electron chi connectivity index (χ0n) is 15.9. The molecule has 2 amide bonds. The van der Waals surface area contributed by atoms with E-state index in [0.717, 1.165) is 44.9 Å². The molecule has 1 saturated heterocycles. The Bertz CT molecular complexity index is 730. The van der Waals surface area contributed by atoms with Gasteiger partial charge in [0.2, 0.25) is 11.8 Å². The number of carbonyl (C=O) groups is 3. The Hall–Kier alpha value is -2.17. The van der Waals surface area contributed by atoms with Crippen molar-refractivity contribution < 1.29 is 19.1 Å². The summed E-state index contributed by atoms with van der Waals surface area (Å²) in [5, 5.41) is 0. The molecule has 5 heteroatoms. The Balaban J connectivity index is 1.44. The molecule has 0 unspecified atom stereocenters. The van der Waals surface area contributed by atoms with Crippen molar-refractivity contribution in [2.24, 2.45) is 23.7 Å². The van der Waals surface area contributed by atoms with Gasteiger partial charge in [-0.05, 0) is 49.7 Å². The monoisotopic (exact) mass is 369 g/mol. The van der Waals surface area contributed by atoms with Gasteiger partial charge in [-0.1, -0.05) is 32.3 Å². The van der Waals surface area contributed by atoms with Gasteiger partial charge >= 0.3 is 5.97 Å². The third-order valence-electron chi connectivity index (χ3n) is 6.47. The van der Waals surface area contributed by atoms with Gasteiger partial charge in [0.25, 0.3) is 0 Å². The average molecular weight is 369 g/mol. The number of benzene rings is 1. The second kappa shape index (κ2) is 7.45. The van der Waals surface area contributed by atoms with E-state index in [4.69, 9.17) is 4.74 Å². The molecular weight excluding hydrogens is 342 g/mol. The smallest absolute Gasteiger partial charge is 0.311 e. The molecule has 27 heavy (non-hydrogen) atoms. The van der Waals surface area contributed by atoms with Crippen LogP contribution in [0.1, 0.15) is 58.3 Å². The van der Waals surface area contributed by atoms with E-state index < -0.39 is 0 Å². The number of imide groups is 1. The predicted octanol–water partition coefficient (Wildman–Crippen LogP) is 4.10. The molecule has 3 aliphatic rings. The number of carbonyl (C=O) groups excluding carboxylic acids is 3. The standard InChI is InChI=1S/C22H27NO4/c1-2-3-4-5-9-18(24)27-17-8-6-7-16(13-17)23-21(25)19-14-10-11-15(12-14)20(19)22(23)26/h6-8,13-15,19-20H,2-5,9-12H2,1H3/t14-,15-,19-,20-/m0/s1. The molecule has 0 spiro atoms. The van der Waals surface area contributed by atoms with Crippen molar-refractivity contribution in [3.63, 3.8) is 0 Å². The average Bonchev–Trinajstić information content (AvgIpc) is 3.33. The summed E-state index contributed by atoms with van der Waals surface area (Å²) >= 11 is 0. The number of unbranched alkanes of at least 4 members (excludes halogenated alkanes) is 3. The lowest BCUT2D eigenvalue weighted by atomic mass is 9.81. The highest BCUT2D eigenvalue weighted by molar-refractivity contribution is 6.22. The highest BCUT2D eigenvalue weighted by Crippen LogP contribution is 2.56. The highest BCUT2D eigenvalue weighted by Gasteiger charge is 2.61. The number of nitrogens with zero attached hydrogens (tertiary/aromatic N) is 1. The van der Waals surface area contributed by atoms with Gasteiger partial charge in [0.1, 0.15) is 5.75 Å². The van der Waals surface area contributed by atoms with Gasteiger partial charge in [0, 0.05) is 12.5 Å². The second-order valence-electron chi connectivity index (χ2n) is 8.18. The van der Waals surface area contributed by atoms with Crippen LogP contribution in [0.2, 0.25) is 0 Å². The van der Waals surface area contributed by atoms with Crippen molar-refractivity contribution in [3.05, 3.63) is 24.3 Å². The van der Waals surface area contributed by atoms with Gasteiger partial charge in [-0.15, -0.1) is 0 Å². The maximum atomic E-state index is 12.9. The van der Waals surface area contributed by atoms with Crippen LogP contribution in [-0.2, 0) is 14.4 Å². The number of amides is 2. The molecule has 1 aliphatic heterocycles. The number of hydrogen-bond donors (Lipinski definition) is 0. The number of hydrogen-bond acceptors (Lipinski definition) is 4. The Morgan fingerprint density at radius 1 is 1.07 bits per heavy atom. The van der Waals surface area contributed by atoms with Crippen LogP contribution in [-0.4, -0.2) is 17.8 Å². The fourth-order valence-electron chi connectivity index (χ4n) is 5.23. The SMILES string of the molecule is CCCCCCC(=O)Oc1cccc(N2C(=O)[C@H]3[C@H]4CC[C@@H](C4)[C@@H]3C2=O)c1. The van der Waals surface area contributed by atoms with E-state index in [1.807, 2.05) is 0 Å². The first kappa shape index (κ1) is 18.2. The molecule has 0 aromatic heterocycles. The van der Waals surface area contributed by atoms with E-state index in [9.17, 15) is 14.4 Å². The van der Waals surface area contributed by atoms with Crippen molar-refractivity contribution in [1.29, 1.82) is 0 Å². The number of rotatable bonds is 7. The molecule has 2 aliphatic carbocycles. The fourth-order valence-corrected chi connectivity index (χ4v) is 5.23. The molecule has 2 saturated carbocycles. The molecule has 1 aromatic carbocycles. The first-order valence-electron chi connectivity index (χ1n) is 10.3. The fraction of sp³-hybridized carbons (Fsp3) is 0.591. The molecule has 5 nitrogen and oxygen atoms in total. The molecule has 0 N–H and O–H groups in total. The van der Waals surface area contributed by atoms with Crippen molar-refractivity contribution in [2.45, 2.75) is 58.3 Å². The zero-order chi connectivity index (χ0) is 19.0. The Morgan fingerprint density at radius 3 is 2.44 bits per heavy atom. The molecule has 1 heterocycles. The van der Waals surface area contributed by atoms with E-state index in [-0.39, 0.29) is 29.6 Å². The number of fused-ring (bicyclic) bond motifs is 5. The largest absolute Gasteiger partial charge is 0.426 e. The number of ether oxygens (including phenoxy) is 1. The molecule has 4 rings (SSSR count). The molecule has 0 radical (unpaired) electrons. The van der Waals surface area contributed by atoms with Gasteiger partial charge in [0.15, 0.2) is 0 Å². The van der Waals surface area contributed by atoms with E-state index in [2.05, 4.69) is 6.92 Å². The summed E-state index contributed by atoms with van der Waals surface area (Å²) < 4.78 is 5.43. The van der Waals surface area contributed by atoms with Gasteiger partial charge in [-0.3, -0.25) is 14.4 Å². The number of anilines is 1. The Morgan fingerprint density at radius 2 is 1.78 bits per heavy atom. The van der Waals surface area contributed by atoms with Gasteiger partial charge in [-0.2, -0.15) is 0 Å². The number of esters is 1. The topological polar surface area (TPSA) is 63.7 Å². The zero-order valence-corrected chi connectivity index (χ0v) is 15.9. The summed E-state index contributed by atoms with van der Waals surface area (Å²) in [6.07, 6.45) is 7.62. The summed E-state index contributed by atoms with van der Waals surface area (Å²) in [5.41, 5.74) is 0.523. The molecule has 3 fully saturated rings. The Labute approximate surface area is 160 Å². The van der Waals surface area contributed by atoms with E-state index in [1.54, 1.807) is 24.3 Å². The van der Waals surface area contributed by atoms with Crippen LogP contribution >= 0.6 is 0 Å². The first-order chi connectivity index (χ1) is 13.1. The van der Waals surface area contributed by atoms with Crippen molar-refractivity contribution in [1.82, 2.24) is 0 Å². The van der Waals surface area contributed by atoms with Gasteiger partial charge < -0.3 is 4.74 Å². The first-order valence-corrected chi connectivity index (χ1v) is 10.3. The summed E-state index contributed by atoms with van der Waals surface area (Å²) in [5.74, 6) is 0.449. The molecular formula is C22H27NO4. The minimum atomic E-state index is -0.266. The van der Waals surface area contributed by atoms with Crippen LogP contribution in [0.3, 0.4) is 0 Å².